The SMILES string of the molecule is CC(C)Oc1cc(NC2=NCCN2)ccc1NC(=O)c1ccc(NC2=NCCN2)cc1OC(C)C.O=C(O)C(F)(F)F.O=C(O)C(F)(F)F. The van der Waals surface area contributed by atoms with Crippen LogP contribution in [-0.4, -0.2) is 90.7 Å². The van der Waals surface area contributed by atoms with Crippen LogP contribution in [0, 0.1) is 0 Å². The number of carbonyl (C=O) groups is 3. The Morgan fingerprint density at radius 3 is 1.53 bits per heavy atom. The minimum Gasteiger partial charge on any atom is -0.490 e. The molecule has 2 aliphatic heterocycles. The number of nitrogens with zero attached hydrogens (tertiary/aromatic N) is 2. The summed E-state index contributed by atoms with van der Waals surface area (Å²) in [6.07, 6.45) is -10.3. The predicted molar refractivity (Wildman–Crippen MR) is 168 cm³/mol. The maximum absolute atomic E-state index is 13.3. The number of amides is 1. The number of hydrogen-bond donors (Lipinski definition) is 7. The van der Waals surface area contributed by atoms with Gasteiger partial charge in [0.2, 0.25) is 0 Å². The van der Waals surface area contributed by atoms with E-state index < -0.39 is 24.3 Å². The number of benzene rings is 2. The molecule has 2 aromatic carbocycles. The fourth-order valence-corrected chi connectivity index (χ4v) is 3.62. The number of rotatable bonds is 8. The van der Waals surface area contributed by atoms with E-state index in [2.05, 4.69) is 36.6 Å². The second-order valence-electron chi connectivity index (χ2n) is 10.4. The quantitative estimate of drug-likeness (QED) is 0.191. The van der Waals surface area contributed by atoms with Gasteiger partial charge in [0, 0.05) is 36.6 Å². The summed E-state index contributed by atoms with van der Waals surface area (Å²) in [5.41, 5.74) is 2.59. The van der Waals surface area contributed by atoms with Crippen LogP contribution in [-0.2, 0) is 9.59 Å². The topological polar surface area (TPSA) is 195 Å². The van der Waals surface area contributed by atoms with Crippen molar-refractivity contribution >= 4 is 46.8 Å². The molecule has 20 heteroatoms. The Hall–Kier alpha value is -5.43. The fourth-order valence-electron chi connectivity index (χ4n) is 3.62. The fraction of sp³-hybridized carbons (Fsp3) is 0.414. The van der Waals surface area contributed by atoms with Gasteiger partial charge in [0.05, 0.1) is 36.5 Å². The average molecular weight is 708 g/mol. The highest BCUT2D eigenvalue weighted by atomic mass is 19.4. The lowest BCUT2D eigenvalue weighted by Crippen LogP contribution is -2.26. The zero-order valence-corrected chi connectivity index (χ0v) is 26.5. The maximum atomic E-state index is 13.3. The van der Waals surface area contributed by atoms with Gasteiger partial charge in [-0.1, -0.05) is 0 Å². The molecule has 2 aliphatic rings. The summed E-state index contributed by atoms with van der Waals surface area (Å²) in [5.74, 6) is -3.33. The van der Waals surface area contributed by atoms with Crippen molar-refractivity contribution in [2.24, 2.45) is 9.98 Å². The molecule has 14 nitrogen and oxygen atoms in total. The molecule has 1 amide bonds. The first kappa shape index (κ1) is 39.7. The zero-order valence-electron chi connectivity index (χ0n) is 26.5. The summed E-state index contributed by atoms with van der Waals surface area (Å²) in [6, 6.07) is 10.9. The van der Waals surface area contributed by atoms with Crippen LogP contribution < -0.4 is 36.1 Å². The summed E-state index contributed by atoms with van der Waals surface area (Å²) in [7, 11) is 0. The van der Waals surface area contributed by atoms with Crippen molar-refractivity contribution in [1.82, 2.24) is 10.6 Å². The van der Waals surface area contributed by atoms with Crippen molar-refractivity contribution in [3.63, 3.8) is 0 Å². The van der Waals surface area contributed by atoms with Crippen LogP contribution in [0.15, 0.2) is 46.4 Å². The van der Waals surface area contributed by atoms with Crippen LogP contribution in [0.5, 0.6) is 11.5 Å². The molecule has 2 heterocycles. The molecule has 0 atom stereocenters. The summed E-state index contributed by atoms with van der Waals surface area (Å²) < 4.78 is 75.4. The molecule has 4 rings (SSSR count). The van der Waals surface area contributed by atoms with Crippen molar-refractivity contribution in [3.05, 3.63) is 42.0 Å². The van der Waals surface area contributed by atoms with Gasteiger partial charge in [-0.25, -0.2) is 9.59 Å². The van der Waals surface area contributed by atoms with Gasteiger partial charge in [0.25, 0.3) is 5.91 Å². The third-order valence-electron chi connectivity index (χ3n) is 5.54. The van der Waals surface area contributed by atoms with Crippen molar-refractivity contribution in [1.29, 1.82) is 0 Å². The van der Waals surface area contributed by atoms with Gasteiger partial charge in [-0.15, -0.1) is 0 Å². The van der Waals surface area contributed by atoms with Crippen molar-refractivity contribution in [2.75, 3.05) is 42.1 Å². The van der Waals surface area contributed by atoms with E-state index in [9.17, 15) is 31.1 Å². The minimum atomic E-state index is -5.08. The molecule has 0 saturated carbocycles. The van der Waals surface area contributed by atoms with Crippen molar-refractivity contribution in [2.45, 2.75) is 52.3 Å². The molecule has 0 aliphatic carbocycles. The molecule has 0 fully saturated rings. The number of hydrogen-bond acceptors (Lipinski definition) is 11. The van der Waals surface area contributed by atoms with E-state index in [1.54, 1.807) is 6.07 Å². The Morgan fingerprint density at radius 2 is 1.14 bits per heavy atom. The number of carboxylic acids is 2. The van der Waals surface area contributed by atoms with Gasteiger partial charge < -0.3 is 46.3 Å². The largest absolute Gasteiger partial charge is 0.490 e. The molecular weight excluding hydrogens is 672 g/mol. The summed E-state index contributed by atoms with van der Waals surface area (Å²) in [5, 5.41) is 30.0. The molecule has 0 aromatic heterocycles. The number of halogens is 6. The van der Waals surface area contributed by atoms with Gasteiger partial charge in [0.1, 0.15) is 11.5 Å². The van der Waals surface area contributed by atoms with Crippen molar-refractivity contribution in [3.8, 4) is 11.5 Å². The van der Waals surface area contributed by atoms with Crippen LogP contribution in [0.3, 0.4) is 0 Å². The molecule has 270 valence electrons. The Kier molecular flexibility index (Phi) is 14.3. The number of guanidine groups is 2. The van der Waals surface area contributed by atoms with E-state index in [0.29, 0.717) is 28.7 Å². The summed E-state index contributed by atoms with van der Waals surface area (Å²) in [6.45, 7) is 10.8. The molecule has 0 saturated heterocycles. The van der Waals surface area contributed by atoms with Crippen LogP contribution in [0.1, 0.15) is 38.1 Å². The summed E-state index contributed by atoms with van der Waals surface area (Å²) >= 11 is 0. The number of carboxylic acid groups (broad SMARTS) is 2. The lowest BCUT2D eigenvalue weighted by Gasteiger charge is -2.19. The van der Waals surface area contributed by atoms with Gasteiger partial charge in [-0.05, 0) is 52.0 Å². The first-order valence-corrected chi connectivity index (χ1v) is 14.4. The monoisotopic (exact) mass is 707 g/mol. The zero-order chi connectivity index (χ0) is 36.9. The first-order chi connectivity index (χ1) is 22.8. The van der Waals surface area contributed by atoms with Gasteiger partial charge >= 0.3 is 24.3 Å². The van der Waals surface area contributed by atoms with E-state index >= 15 is 0 Å². The molecule has 0 unspecified atom stereocenters. The molecule has 49 heavy (non-hydrogen) atoms. The van der Waals surface area contributed by atoms with Crippen LogP contribution in [0.25, 0.3) is 0 Å². The van der Waals surface area contributed by atoms with Crippen LogP contribution >= 0.6 is 0 Å². The second kappa shape index (κ2) is 17.6. The number of anilines is 3. The number of ether oxygens (including phenoxy) is 2. The van der Waals surface area contributed by atoms with Crippen molar-refractivity contribution < 1.29 is 60.4 Å². The lowest BCUT2D eigenvalue weighted by atomic mass is 10.1. The lowest BCUT2D eigenvalue weighted by molar-refractivity contribution is -0.193. The molecule has 0 radical (unpaired) electrons. The molecule has 2 aromatic rings. The molecule has 0 spiro atoms. The third kappa shape index (κ3) is 14.1. The van der Waals surface area contributed by atoms with E-state index in [1.807, 2.05) is 58.0 Å². The average Bonchev–Trinajstić information content (AvgIpc) is 3.68. The number of aliphatic carboxylic acids is 2. The minimum absolute atomic E-state index is 0.0693. The summed E-state index contributed by atoms with van der Waals surface area (Å²) in [4.78, 5) is 39.8. The van der Waals surface area contributed by atoms with Gasteiger partial charge in [-0.3, -0.25) is 14.8 Å². The van der Waals surface area contributed by atoms with E-state index in [1.165, 1.54) is 0 Å². The van der Waals surface area contributed by atoms with Crippen LogP contribution in [0.4, 0.5) is 43.4 Å². The van der Waals surface area contributed by atoms with E-state index in [4.69, 9.17) is 29.3 Å². The number of nitrogens with one attached hydrogen (secondary N) is 5. The Morgan fingerprint density at radius 1 is 0.735 bits per heavy atom. The Labute approximate surface area is 276 Å². The molecule has 7 N–H and O–H groups in total. The molecule has 0 bridgehead atoms. The highest BCUT2D eigenvalue weighted by molar-refractivity contribution is 6.08. The second-order valence-corrected chi connectivity index (χ2v) is 10.4. The third-order valence-corrected chi connectivity index (χ3v) is 5.54. The van der Waals surface area contributed by atoms with E-state index in [0.717, 1.165) is 43.5 Å². The Balaban J connectivity index is 0.000000500. The highest BCUT2D eigenvalue weighted by Crippen LogP contribution is 2.32. The smallest absolute Gasteiger partial charge is 0.490 e. The Bertz CT molecular complexity index is 1510. The van der Waals surface area contributed by atoms with Gasteiger partial charge in [-0.2, -0.15) is 26.3 Å². The van der Waals surface area contributed by atoms with Gasteiger partial charge in [0.15, 0.2) is 11.9 Å². The normalized spacial score (nSPS) is 13.7. The molecular formula is C29H35F6N7O7. The number of carbonyl (C=O) groups excluding carboxylic acids is 1. The standard InChI is InChI=1S/C25H33N7O3.2C2HF3O2/c1-15(2)34-21-13-17(30-24-26-9-10-27-24)5-7-19(21)23(33)32-20-8-6-18(14-22(20)35-16(3)4)31-25-28-11-12-29-25;2*3-2(4,5)1(6)7/h5-8,13-16H,9-12H2,1-4H3,(H,32,33)(H2,26,27,30)(H2,28,29,31);2*(H,6,7). The number of alkyl halides is 6. The predicted octanol–water partition coefficient (Wildman–Crippen LogP) is 4.52. The number of aliphatic imine (C=N–C) groups is 2. The van der Waals surface area contributed by atoms with E-state index in [-0.39, 0.29) is 18.1 Å². The maximum Gasteiger partial charge on any atom is 0.490 e. The first-order valence-electron chi connectivity index (χ1n) is 14.4. The highest BCUT2D eigenvalue weighted by Gasteiger charge is 2.38. The van der Waals surface area contributed by atoms with Crippen LogP contribution in [0.2, 0.25) is 0 Å².